The fourth-order valence-corrected chi connectivity index (χ4v) is 4.62. The number of aromatic nitrogens is 3. The Morgan fingerprint density at radius 3 is 2.42 bits per heavy atom. The molecule has 1 aliphatic rings. The highest BCUT2D eigenvalue weighted by atomic mass is 16.3. The molecule has 5 aromatic rings. The summed E-state index contributed by atoms with van der Waals surface area (Å²) in [4.78, 5) is 11.9. The predicted molar refractivity (Wildman–Crippen MR) is 133 cm³/mol. The van der Waals surface area contributed by atoms with Crippen LogP contribution in [0, 0.1) is 0 Å². The van der Waals surface area contributed by atoms with Crippen LogP contribution in [0.1, 0.15) is 12.8 Å². The van der Waals surface area contributed by atoms with Crippen molar-refractivity contribution in [3.05, 3.63) is 79.1 Å². The number of benzene rings is 3. The van der Waals surface area contributed by atoms with E-state index in [1.807, 2.05) is 29.1 Å². The lowest BCUT2D eigenvalue weighted by molar-refractivity contribution is 0.475. The van der Waals surface area contributed by atoms with Crippen molar-refractivity contribution in [3.8, 4) is 22.7 Å². The van der Waals surface area contributed by atoms with E-state index >= 15 is 0 Å². The van der Waals surface area contributed by atoms with Gasteiger partial charge < -0.3 is 15.7 Å². The first-order valence-corrected chi connectivity index (χ1v) is 11.3. The molecule has 1 saturated heterocycles. The summed E-state index contributed by atoms with van der Waals surface area (Å²) in [5.41, 5.74) is 12.3. The van der Waals surface area contributed by atoms with Gasteiger partial charge in [-0.05, 0) is 78.6 Å². The molecule has 3 N–H and O–H groups in total. The van der Waals surface area contributed by atoms with E-state index in [2.05, 4.69) is 52.3 Å². The highest BCUT2D eigenvalue weighted by molar-refractivity contribution is 5.86. The number of phenols is 1. The van der Waals surface area contributed by atoms with Gasteiger partial charge in [-0.2, -0.15) is 0 Å². The van der Waals surface area contributed by atoms with Gasteiger partial charge in [0.1, 0.15) is 17.9 Å². The Labute approximate surface area is 191 Å². The number of imidazole rings is 1. The summed E-state index contributed by atoms with van der Waals surface area (Å²) in [7, 11) is 0. The van der Waals surface area contributed by atoms with Crippen LogP contribution in [0.4, 0.5) is 5.69 Å². The first-order valence-electron chi connectivity index (χ1n) is 11.3. The van der Waals surface area contributed by atoms with E-state index < -0.39 is 0 Å². The smallest absolute Gasteiger partial charge is 0.139 e. The molecule has 3 aromatic carbocycles. The molecule has 33 heavy (non-hydrogen) atoms. The van der Waals surface area contributed by atoms with Crippen LogP contribution in [0.25, 0.3) is 38.9 Å². The molecule has 6 rings (SSSR count). The lowest BCUT2D eigenvalue weighted by Gasteiger charge is -2.32. The number of nitrogens with two attached hydrogens (primary N) is 1. The van der Waals surface area contributed by atoms with Crippen molar-refractivity contribution in [2.45, 2.75) is 18.9 Å². The molecule has 3 heterocycles. The van der Waals surface area contributed by atoms with Crippen molar-refractivity contribution < 1.29 is 5.11 Å². The molecule has 0 radical (unpaired) electrons. The van der Waals surface area contributed by atoms with E-state index in [0.717, 1.165) is 64.8 Å². The van der Waals surface area contributed by atoms with Crippen molar-refractivity contribution in [2.24, 2.45) is 5.73 Å². The Balaban J connectivity index is 1.32. The molecule has 1 aliphatic heterocycles. The number of piperidine rings is 1. The van der Waals surface area contributed by atoms with Gasteiger partial charge in [0.2, 0.25) is 0 Å². The summed E-state index contributed by atoms with van der Waals surface area (Å²) < 4.78 is 2.02. The third kappa shape index (κ3) is 3.68. The Hall–Kier alpha value is -3.90. The van der Waals surface area contributed by atoms with Crippen molar-refractivity contribution >= 4 is 27.6 Å². The Morgan fingerprint density at radius 1 is 0.818 bits per heavy atom. The average molecular weight is 436 g/mol. The molecule has 0 saturated carbocycles. The van der Waals surface area contributed by atoms with Gasteiger partial charge in [-0.15, -0.1) is 0 Å². The number of nitrogens with zero attached hydrogens (tertiary/aromatic N) is 4. The van der Waals surface area contributed by atoms with Gasteiger partial charge in [0.15, 0.2) is 0 Å². The Kier molecular flexibility index (Phi) is 4.73. The van der Waals surface area contributed by atoms with Gasteiger partial charge in [0.05, 0.1) is 16.6 Å². The Morgan fingerprint density at radius 2 is 1.61 bits per heavy atom. The van der Waals surface area contributed by atoms with Gasteiger partial charge in [0, 0.05) is 30.2 Å². The fraction of sp³-hybridized carbons (Fsp3) is 0.185. The van der Waals surface area contributed by atoms with Gasteiger partial charge in [-0.25, -0.2) is 9.97 Å². The van der Waals surface area contributed by atoms with E-state index in [4.69, 9.17) is 10.7 Å². The van der Waals surface area contributed by atoms with Crippen LogP contribution in [-0.2, 0) is 0 Å². The fourth-order valence-electron chi connectivity index (χ4n) is 4.62. The van der Waals surface area contributed by atoms with Gasteiger partial charge in [-0.3, -0.25) is 4.57 Å². The van der Waals surface area contributed by atoms with E-state index in [-0.39, 0.29) is 5.75 Å². The SMILES string of the molecule is NC1CCN(c2ccc3nc(-n4cnc5cc(-c6ccc(O)cc6)ccc54)ccc3c2)CC1. The van der Waals surface area contributed by atoms with E-state index in [0.29, 0.717) is 6.04 Å². The number of fused-ring (bicyclic) bond motifs is 2. The number of hydrogen-bond donors (Lipinski definition) is 2. The molecule has 0 unspecified atom stereocenters. The minimum absolute atomic E-state index is 0.263. The normalized spacial score (nSPS) is 14.9. The summed E-state index contributed by atoms with van der Waals surface area (Å²) in [5.74, 6) is 1.11. The van der Waals surface area contributed by atoms with Crippen LogP contribution >= 0.6 is 0 Å². The van der Waals surface area contributed by atoms with Crippen LogP contribution in [0.5, 0.6) is 5.75 Å². The standard InChI is InChI=1S/C27H25N5O/c28-21-11-13-31(14-12-21)22-5-8-24-20(15-22)4-10-27(30-24)32-17-29-25-16-19(3-9-26(25)32)18-1-6-23(33)7-2-18/h1-10,15-17,21,33H,11-14,28H2. The zero-order valence-electron chi connectivity index (χ0n) is 18.2. The van der Waals surface area contributed by atoms with Crippen molar-refractivity contribution in [1.82, 2.24) is 14.5 Å². The van der Waals surface area contributed by atoms with Gasteiger partial charge in [-0.1, -0.05) is 18.2 Å². The molecule has 0 spiro atoms. The number of phenolic OH excluding ortho intramolecular Hbond substituents is 1. The second kappa shape index (κ2) is 7.90. The lowest BCUT2D eigenvalue weighted by atomic mass is 10.0. The van der Waals surface area contributed by atoms with Crippen LogP contribution < -0.4 is 10.6 Å². The minimum Gasteiger partial charge on any atom is -0.508 e. The van der Waals surface area contributed by atoms with Gasteiger partial charge >= 0.3 is 0 Å². The maximum Gasteiger partial charge on any atom is 0.139 e. The molecule has 6 heteroatoms. The molecular formula is C27H25N5O. The summed E-state index contributed by atoms with van der Waals surface area (Å²) in [6.45, 7) is 2.01. The molecule has 0 bridgehead atoms. The zero-order chi connectivity index (χ0) is 22.4. The molecule has 164 valence electrons. The lowest BCUT2D eigenvalue weighted by Crippen LogP contribution is -2.39. The largest absolute Gasteiger partial charge is 0.508 e. The van der Waals surface area contributed by atoms with Gasteiger partial charge in [0.25, 0.3) is 0 Å². The van der Waals surface area contributed by atoms with Crippen molar-refractivity contribution in [2.75, 3.05) is 18.0 Å². The molecule has 1 fully saturated rings. The molecule has 2 aromatic heterocycles. The first kappa shape index (κ1) is 19.8. The molecule has 0 atom stereocenters. The summed E-state index contributed by atoms with van der Waals surface area (Å²) in [6.07, 6.45) is 3.90. The zero-order valence-corrected chi connectivity index (χ0v) is 18.2. The number of hydrogen-bond acceptors (Lipinski definition) is 5. The summed E-state index contributed by atoms with van der Waals surface area (Å²) in [5, 5.41) is 10.7. The first-order chi connectivity index (χ1) is 16.1. The summed E-state index contributed by atoms with van der Waals surface area (Å²) >= 11 is 0. The van der Waals surface area contributed by atoms with Crippen LogP contribution in [0.3, 0.4) is 0 Å². The van der Waals surface area contributed by atoms with E-state index in [1.165, 1.54) is 5.69 Å². The Bertz CT molecular complexity index is 1450. The maximum atomic E-state index is 9.54. The average Bonchev–Trinajstić information content (AvgIpc) is 3.28. The third-order valence-electron chi connectivity index (χ3n) is 6.56. The van der Waals surface area contributed by atoms with Crippen molar-refractivity contribution in [3.63, 3.8) is 0 Å². The molecular weight excluding hydrogens is 410 g/mol. The molecule has 0 amide bonds. The third-order valence-corrected chi connectivity index (χ3v) is 6.56. The quantitative estimate of drug-likeness (QED) is 0.422. The predicted octanol–water partition coefficient (Wildman–Crippen LogP) is 4.87. The van der Waals surface area contributed by atoms with Crippen molar-refractivity contribution in [1.29, 1.82) is 0 Å². The second-order valence-electron chi connectivity index (χ2n) is 8.74. The monoisotopic (exact) mass is 435 g/mol. The highest BCUT2D eigenvalue weighted by Gasteiger charge is 2.17. The maximum absolute atomic E-state index is 9.54. The van der Waals surface area contributed by atoms with Crippen LogP contribution in [0.15, 0.2) is 79.1 Å². The minimum atomic E-state index is 0.263. The number of pyridine rings is 1. The number of aromatic hydroxyl groups is 1. The molecule has 6 nitrogen and oxygen atoms in total. The number of anilines is 1. The van der Waals surface area contributed by atoms with E-state index in [1.54, 1.807) is 12.1 Å². The van der Waals surface area contributed by atoms with Crippen LogP contribution in [-0.4, -0.2) is 38.8 Å². The summed E-state index contributed by atoms with van der Waals surface area (Å²) in [6, 6.07) is 24.4. The highest BCUT2D eigenvalue weighted by Crippen LogP contribution is 2.28. The van der Waals surface area contributed by atoms with E-state index in [9.17, 15) is 5.11 Å². The van der Waals surface area contributed by atoms with Crippen LogP contribution in [0.2, 0.25) is 0 Å². The molecule has 0 aliphatic carbocycles. The topological polar surface area (TPSA) is 80.2 Å². The number of rotatable bonds is 3. The second-order valence-corrected chi connectivity index (χ2v) is 8.74.